The molecule has 0 bridgehead atoms. The summed E-state index contributed by atoms with van der Waals surface area (Å²) in [5, 5.41) is 0. The summed E-state index contributed by atoms with van der Waals surface area (Å²) in [5.74, 6) is 0.359. The van der Waals surface area contributed by atoms with E-state index in [1.807, 2.05) is 6.92 Å². The number of Topliss-reactive ketones (excluding diaryl/α,β-unsaturated/α-hetero) is 1. The van der Waals surface area contributed by atoms with E-state index in [4.69, 9.17) is 4.74 Å². The minimum atomic E-state index is 0.359. The van der Waals surface area contributed by atoms with E-state index < -0.39 is 0 Å². The highest BCUT2D eigenvalue weighted by Crippen LogP contribution is 2.01. The standard InChI is InChI=1S/C11H23NO2/c1-5-11(13)7-6-8-12(3)10(2)9-14-4/h10H,5-9H2,1-4H3. The lowest BCUT2D eigenvalue weighted by atomic mass is 10.1. The van der Waals surface area contributed by atoms with Gasteiger partial charge >= 0.3 is 0 Å². The van der Waals surface area contributed by atoms with E-state index in [-0.39, 0.29) is 0 Å². The van der Waals surface area contributed by atoms with Crippen molar-refractivity contribution in [1.82, 2.24) is 4.90 Å². The molecule has 14 heavy (non-hydrogen) atoms. The predicted molar refractivity (Wildman–Crippen MR) is 58.5 cm³/mol. The van der Waals surface area contributed by atoms with Gasteiger partial charge in [0.15, 0.2) is 0 Å². The van der Waals surface area contributed by atoms with Crippen molar-refractivity contribution >= 4 is 5.78 Å². The van der Waals surface area contributed by atoms with Gasteiger partial charge in [0.2, 0.25) is 0 Å². The van der Waals surface area contributed by atoms with Crippen molar-refractivity contribution < 1.29 is 9.53 Å². The molecule has 3 nitrogen and oxygen atoms in total. The molecule has 0 saturated carbocycles. The third-order valence-electron chi connectivity index (χ3n) is 2.52. The first-order valence-corrected chi connectivity index (χ1v) is 5.32. The topological polar surface area (TPSA) is 29.5 Å². The maximum Gasteiger partial charge on any atom is 0.132 e. The van der Waals surface area contributed by atoms with E-state index in [1.165, 1.54) is 0 Å². The van der Waals surface area contributed by atoms with Crippen LogP contribution in [-0.4, -0.2) is 44.0 Å². The molecule has 0 rings (SSSR count). The molecule has 0 N–H and O–H groups in total. The van der Waals surface area contributed by atoms with Crippen molar-refractivity contribution in [3.63, 3.8) is 0 Å². The molecule has 1 unspecified atom stereocenters. The molecule has 0 fully saturated rings. The Balaban J connectivity index is 3.52. The molecule has 0 aliphatic carbocycles. The number of ether oxygens (including phenoxy) is 1. The van der Waals surface area contributed by atoms with Gasteiger partial charge in [0.05, 0.1) is 6.61 Å². The summed E-state index contributed by atoms with van der Waals surface area (Å²) < 4.78 is 5.06. The number of carbonyl (C=O) groups excluding carboxylic acids is 1. The highest BCUT2D eigenvalue weighted by molar-refractivity contribution is 5.77. The lowest BCUT2D eigenvalue weighted by Crippen LogP contribution is -2.33. The van der Waals surface area contributed by atoms with E-state index in [0.717, 1.165) is 19.6 Å². The molecular formula is C11H23NO2. The summed E-state index contributed by atoms with van der Waals surface area (Å²) in [7, 11) is 3.78. The fraction of sp³-hybridized carbons (Fsp3) is 0.909. The summed E-state index contributed by atoms with van der Waals surface area (Å²) in [6, 6.07) is 0.428. The molecule has 84 valence electrons. The van der Waals surface area contributed by atoms with E-state index in [9.17, 15) is 4.79 Å². The molecule has 0 radical (unpaired) electrons. The second-order valence-electron chi connectivity index (χ2n) is 3.78. The summed E-state index contributed by atoms with van der Waals surface area (Å²) >= 11 is 0. The van der Waals surface area contributed by atoms with Crippen LogP contribution in [0.15, 0.2) is 0 Å². The number of likely N-dealkylation sites (N-methyl/N-ethyl adjacent to an activating group) is 1. The molecule has 3 heteroatoms. The van der Waals surface area contributed by atoms with Gasteiger partial charge in [-0.2, -0.15) is 0 Å². The Bertz CT molecular complexity index is 159. The number of carbonyl (C=O) groups is 1. The molecule has 0 aliphatic heterocycles. The van der Waals surface area contributed by atoms with Crippen molar-refractivity contribution in [3.8, 4) is 0 Å². The summed E-state index contributed by atoms with van der Waals surface area (Å²) in [5.41, 5.74) is 0. The monoisotopic (exact) mass is 201 g/mol. The highest BCUT2D eigenvalue weighted by Gasteiger charge is 2.08. The smallest absolute Gasteiger partial charge is 0.132 e. The van der Waals surface area contributed by atoms with Gasteiger partial charge in [-0.05, 0) is 26.9 Å². The molecule has 0 aromatic rings. The second-order valence-corrected chi connectivity index (χ2v) is 3.78. The van der Waals surface area contributed by atoms with Crippen molar-refractivity contribution in [3.05, 3.63) is 0 Å². The Hall–Kier alpha value is -0.410. The van der Waals surface area contributed by atoms with Gasteiger partial charge in [0, 0.05) is 26.0 Å². The van der Waals surface area contributed by atoms with Gasteiger partial charge in [-0.15, -0.1) is 0 Å². The summed E-state index contributed by atoms with van der Waals surface area (Å²) in [4.78, 5) is 13.3. The minimum absolute atomic E-state index is 0.359. The van der Waals surface area contributed by atoms with Gasteiger partial charge in [0.1, 0.15) is 5.78 Å². The van der Waals surface area contributed by atoms with E-state index in [1.54, 1.807) is 7.11 Å². The lowest BCUT2D eigenvalue weighted by Gasteiger charge is -2.23. The molecule has 0 aromatic carbocycles. The van der Waals surface area contributed by atoms with Crippen LogP contribution in [0, 0.1) is 0 Å². The van der Waals surface area contributed by atoms with Crippen molar-refractivity contribution in [1.29, 1.82) is 0 Å². The van der Waals surface area contributed by atoms with Crippen LogP contribution < -0.4 is 0 Å². The SMILES string of the molecule is CCC(=O)CCCN(C)C(C)COC. The lowest BCUT2D eigenvalue weighted by molar-refractivity contribution is -0.118. The van der Waals surface area contributed by atoms with Crippen LogP contribution in [0.4, 0.5) is 0 Å². The van der Waals surface area contributed by atoms with Crippen LogP contribution in [0.25, 0.3) is 0 Å². The van der Waals surface area contributed by atoms with Gasteiger partial charge in [-0.1, -0.05) is 6.92 Å². The quantitative estimate of drug-likeness (QED) is 0.599. The maximum absolute atomic E-state index is 11.0. The van der Waals surface area contributed by atoms with Gasteiger partial charge in [-0.25, -0.2) is 0 Å². The summed E-state index contributed by atoms with van der Waals surface area (Å²) in [6.07, 6.45) is 2.33. The Morgan fingerprint density at radius 2 is 2.14 bits per heavy atom. The number of hydrogen-bond acceptors (Lipinski definition) is 3. The first kappa shape index (κ1) is 13.6. The van der Waals surface area contributed by atoms with Gasteiger partial charge in [0.25, 0.3) is 0 Å². The van der Waals surface area contributed by atoms with Crippen molar-refractivity contribution in [2.24, 2.45) is 0 Å². The fourth-order valence-electron chi connectivity index (χ4n) is 1.29. The highest BCUT2D eigenvalue weighted by atomic mass is 16.5. The molecular weight excluding hydrogens is 178 g/mol. The zero-order chi connectivity index (χ0) is 11.0. The van der Waals surface area contributed by atoms with Crippen LogP contribution in [0.5, 0.6) is 0 Å². The van der Waals surface area contributed by atoms with Crippen LogP contribution in [0.1, 0.15) is 33.1 Å². The van der Waals surface area contributed by atoms with Gasteiger partial charge < -0.3 is 9.64 Å². The zero-order valence-electron chi connectivity index (χ0n) is 9.88. The second kappa shape index (κ2) is 7.94. The fourth-order valence-corrected chi connectivity index (χ4v) is 1.29. The molecule has 1 atom stereocenters. The average molecular weight is 201 g/mol. The van der Waals surface area contributed by atoms with Crippen LogP contribution in [0.3, 0.4) is 0 Å². The largest absolute Gasteiger partial charge is 0.383 e. The van der Waals surface area contributed by atoms with Crippen molar-refractivity contribution in [2.45, 2.75) is 39.2 Å². The molecule has 0 saturated heterocycles. The van der Waals surface area contributed by atoms with E-state index in [0.29, 0.717) is 24.7 Å². The van der Waals surface area contributed by atoms with Crippen LogP contribution in [0.2, 0.25) is 0 Å². The van der Waals surface area contributed by atoms with Gasteiger partial charge in [-0.3, -0.25) is 4.79 Å². The van der Waals surface area contributed by atoms with Crippen LogP contribution in [-0.2, 0) is 9.53 Å². The minimum Gasteiger partial charge on any atom is -0.383 e. The van der Waals surface area contributed by atoms with E-state index in [2.05, 4.69) is 18.9 Å². The maximum atomic E-state index is 11.0. The molecule has 0 heterocycles. The Kier molecular flexibility index (Phi) is 7.71. The Labute approximate surface area is 87.4 Å². The average Bonchev–Trinajstić information content (AvgIpc) is 2.17. The number of hydrogen-bond donors (Lipinski definition) is 0. The normalized spacial score (nSPS) is 13.2. The Morgan fingerprint density at radius 1 is 1.50 bits per heavy atom. The number of methoxy groups -OCH3 is 1. The third kappa shape index (κ3) is 6.11. The first-order chi connectivity index (χ1) is 6.61. The van der Waals surface area contributed by atoms with E-state index >= 15 is 0 Å². The Morgan fingerprint density at radius 3 is 2.64 bits per heavy atom. The summed E-state index contributed by atoms with van der Waals surface area (Å²) in [6.45, 7) is 5.76. The molecule has 0 amide bonds. The number of nitrogens with zero attached hydrogens (tertiary/aromatic N) is 1. The third-order valence-corrected chi connectivity index (χ3v) is 2.52. The number of rotatable bonds is 8. The molecule has 0 aromatic heterocycles. The van der Waals surface area contributed by atoms with Crippen molar-refractivity contribution in [2.75, 3.05) is 27.3 Å². The van der Waals surface area contributed by atoms with Crippen LogP contribution >= 0.6 is 0 Å². The number of ketones is 1. The zero-order valence-corrected chi connectivity index (χ0v) is 9.88. The molecule has 0 spiro atoms. The first-order valence-electron chi connectivity index (χ1n) is 5.32. The predicted octanol–water partition coefficient (Wildman–Crippen LogP) is 1.71. The molecule has 0 aliphatic rings.